The molecule has 0 fully saturated rings. The van der Waals surface area contributed by atoms with E-state index >= 15 is 0 Å². The minimum atomic E-state index is 0.0427. The van der Waals surface area contributed by atoms with Gasteiger partial charge in [-0.05, 0) is 31.0 Å². The smallest absolute Gasteiger partial charge is 0.0898 e. The van der Waals surface area contributed by atoms with E-state index in [1.807, 2.05) is 36.6 Å². The summed E-state index contributed by atoms with van der Waals surface area (Å²) in [4.78, 5) is 4.45. The summed E-state index contributed by atoms with van der Waals surface area (Å²) >= 11 is 7.48. The molecule has 0 saturated carbocycles. The van der Waals surface area contributed by atoms with Crippen LogP contribution in [0.4, 0.5) is 0 Å². The summed E-state index contributed by atoms with van der Waals surface area (Å²) in [5.74, 6) is 5.58. The van der Waals surface area contributed by atoms with Crippen molar-refractivity contribution in [2.45, 2.75) is 19.4 Å². The lowest BCUT2D eigenvalue weighted by Gasteiger charge is -2.13. The maximum Gasteiger partial charge on any atom is 0.0898 e. The minimum Gasteiger partial charge on any atom is -0.271 e. The van der Waals surface area contributed by atoms with E-state index in [1.165, 1.54) is 5.56 Å². The van der Waals surface area contributed by atoms with Gasteiger partial charge < -0.3 is 0 Å². The molecule has 2 aromatic rings. The molecule has 1 aromatic carbocycles. The molecule has 0 aliphatic carbocycles. The van der Waals surface area contributed by atoms with Gasteiger partial charge in [0.2, 0.25) is 0 Å². The van der Waals surface area contributed by atoms with Crippen LogP contribution < -0.4 is 11.3 Å². The van der Waals surface area contributed by atoms with Crippen molar-refractivity contribution < 1.29 is 0 Å². The first kappa shape index (κ1) is 12.5. The second-order valence-electron chi connectivity index (χ2n) is 3.84. The molecule has 0 amide bonds. The number of halogens is 1. The first-order valence-electron chi connectivity index (χ1n) is 5.31. The molecule has 1 aromatic heterocycles. The van der Waals surface area contributed by atoms with Crippen molar-refractivity contribution in [2.24, 2.45) is 5.84 Å². The maximum absolute atomic E-state index is 5.85. The number of hydrogen-bond acceptors (Lipinski definition) is 4. The zero-order valence-corrected chi connectivity index (χ0v) is 11.1. The molecule has 0 bridgehead atoms. The number of hydrogen-bond donors (Lipinski definition) is 2. The Morgan fingerprint density at radius 2 is 2.12 bits per heavy atom. The van der Waals surface area contributed by atoms with Gasteiger partial charge in [-0.3, -0.25) is 11.3 Å². The fourth-order valence-corrected chi connectivity index (χ4v) is 2.44. The van der Waals surface area contributed by atoms with Crippen LogP contribution in [0.3, 0.4) is 0 Å². The van der Waals surface area contributed by atoms with Gasteiger partial charge in [-0.1, -0.05) is 23.7 Å². The first-order chi connectivity index (χ1) is 8.19. The normalized spacial score (nSPS) is 12.6. The number of rotatable bonds is 4. The predicted octanol–water partition coefficient (Wildman–Crippen LogP) is 2.85. The third kappa shape index (κ3) is 3.26. The minimum absolute atomic E-state index is 0.0427. The summed E-state index contributed by atoms with van der Waals surface area (Å²) in [7, 11) is 0. The molecule has 0 aliphatic heterocycles. The largest absolute Gasteiger partial charge is 0.271 e. The molecule has 3 nitrogen and oxygen atoms in total. The summed E-state index contributed by atoms with van der Waals surface area (Å²) in [5.41, 5.74) is 4.98. The Hall–Kier alpha value is -0.940. The van der Waals surface area contributed by atoms with Crippen LogP contribution in [0.25, 0.3) is 0 Å². The molecular weight excluding hydrogens is 254 g/mol. The van der Waals surface area contributed by atoms with E-state index in [2.05, 4.69) is 10.4 Å². The maximum atomic E-state index is 5.85. The van der Waals surface area contributed by atoms with E-state index in [4.69, 9.17) is 17.4 Å². The van der Waals surface area contributed by atoms with Crippen LogP contribution >= 0.6 is 22.9 Å². The Labute approximate surface area is 110 Å². The number of hydrazine groups is 1. The van der Waals surface area contributed by atoms with E-state index in [0.717, 1.165) is 22.1 Å². The van der Waals surface area contributed by atoms with Gasteiger partial charge in [0.05, 0.1) is 16.7 Å². The van der Waals surface area contributed by atoms with Gasteiger partial charge in [-0.15, -0.1) is 11.3 Å². The van der Waals surface area contributed by atoms with Gasteiger partial charge in [0.1, 0.15) is 0 Å². The van der Waals surface area contributed by atoms with Crippen molar-refractivity contribution in [3.8, 4) is 0 Å². The zero-order chi connectivity index (χ0) is 12.3. The molecule has 17 heavy (non-hydrogen) atoms. The van der Waals surface area contributed by atoms with Gasteiger partial charge >= 0.3 is 0 Å². The van der Waals surface area contributed by atoms with Crippen LogP contribution in [0.5, 0.6) is 0 Å². The van der Waals surface area contributed by atoms with Gasteiger partial charge in [-0.2, -0.15) is 0 Å². The van der Waals surface area contributed by atoms with Gasteiger partial charge in [-0.25, -0.2) is 4.98 Å². The van der Waals surface area contributed by atoms with Crippen LogP contribution in [-0.2, 0) is 6.42 Å². The summed E-state index contributed by atoms with van der Waals surface area (Å²) in [6, 6.07) is 7.83. The Balaban J connectivity index is 2.12. The van der Waals surface area contributed by atoms with Crippen LogP contribution in [0.15, 0.2) is 29.6 Å². The molecule has 0 aliphatic rings. The first-order valence-corrected chi connectivity index (χ1v) is 6.57. The van der Waals surface area contributed by atoms with Gasteiger partial charge in [0.15, 0.2) is 0 Å². The lowest BCUT2D eigenvalue weighted by Crippen LogP contribution is -2.29. The Morgan fingerprint density at radius 1 is 1.41 bits per heavy atom. The SMILES string of the molecule is Cc1nc(C(Cc2ccc(Cl)cc2)NN)cs1. The number of aryl methyl sites for hydroxylation is 1. The molecule has 1 heterocycles. The van der Waals surface area contributed by atoms with Crippen LogP contribution in [0.2, 0.25) is 5.02 Å². The number of benzene rings is 1. The zero-order valence-electron chi connectivity index (χ0n) is 9.48. The Bertz CT molecular complexity index is 481. The molecule has 0 radical (unpaired) electrons. The van der Waals surface area contributed by atoms with Gasteiger partial charge in [0, 0.05) is 10.4 Å². The third-order valence-corrected chi connectivity index (χ3v) is 3.59. The molecule has 1 unspecified atom stereocenters. The highest BCUT2D eigenvalue weighted by Gasteiger charge is 2.13. The van der Waals surface area contributed by atoms with Crippen molar-refractivity contribution in [3.63, 3.8) is 0 Å². The topological polar surface area (TPSA) is 50.9 Å². The molecule has 90 valence electrons. The molecular formula is C12H14ClN3S. The second kappa shape index (κ2) is 5.60. The number of thiazole rings is 1. The highest BCUT2D eigenvalue weighted by atomic mass is 35.5. The monoisotopic (exact) mass is 267 g/mol. The van der Waals surface area contributed by atoms with Crippen molar-refractivity contribution in [3.05, 3.63) is 50.9 Å². The van der Waals surface area contributed by atoms with Crippen molar-refractivity contribution in [1.29, 1.82) is 0 Å². The molecule has 5 heteroatoms. The number of nitrogens with two attached hydrogens (primary N) is 1. The van der Waals surface area contributed by atoms with E-state index in [1.54, 1.807) is 11.3 Å². The van der Waals surface area contributed by atoms with E-state index in [0.29, 0.717) is 0 Å². The van der Waals surface area contributed by atoms with Gasteiger partial charge in [0.25, 0.3) is 0 Å². The number of aromatic nitrogens is 1. The fraction of sp³-hybridized carbons (Fsp3) is 0.250. The fourth-order valence-electron chi connectivity index (χ4n) is 1.65. The van der Waals surface area contributed by atoms with Crippen molar-refractivity contribution in [1.82, 2.24) is 10.4 Å². The highest BCUT2D eigenvalue weighted by molar-refractivity contribution is 7.09. The number of nitrogens with one attached hydrogen (secondary N) is 1. The van der Waals surface area contributed by atoms with E-state index in [-0.39, 0.29) is 6.04 Å². The standard InChI is InChI=1S/C12H14ClN3S/c1-8-15-12(7-17-8)11(16-14)6-9-2-4-10(13)5-3-9/h2-5,7,11,16H,6,14H2,1H3. The molecule has 1 atom stereocenters. The Morgan fingerprint density at radius 3 is 2.65 bits per heavy atom. The predicted molar refractivity (Wildman–Crippen MR) is 72.1 cm³/mol. The van der Waals surface area contributed by atoms with E-state index in [9.17, 15) is 0 Å². The average Bonchev–Trinajstić information content (AvgIpc) is 2.75. The molecule has 3 N–H and O–H groups in total. The van der Waals surface area contributed by atoms with Crippen molar-refractivity contribution in [2.75, 3.05) is 0 Å². The lowest BCUT2D eigenvalue weighted by molar-refractivity contribution is 0.540. The summed E-state index contributed by atoms with van der Waals surface area (Å²) in [5, 5.41) is 3.84. The quantitative estimate of drug-likeness (QED) is 0.662. The summed E-state index contributed by atoms with van der Waals surface area (Å²) in [6.07, 6.45) is 0.802. The molecule has 0 spiro atoms. The second-order valence-corrected chi connectivity index (χ2v) is 5.34. The van der Waals surface area contributed by atoms with E-state index < -0.39 is 0 Å². The van der Waals surface area contributed by atoms with Crippen LogP contribution in [0, 0.1) is 6.92 Å². The summed E-state index contributed by atoms with van der Waals surface area (Å²) in [6.45, 7) is 1.99. The van der Waals surface area contributed by atoms with Crippen molar-refractivity contribution >= 4 is 22.9 Å². The highest BCUT2D eigenvalue weighted by Crippen LogP contribution is 2.20. The van der Waals surface area contributed by atoms with Crippen LogP contribution in [-0.4, -0.2) is 4.98 Å². The van der Waals surface area contributed by atoms with Crippen LogP contribution in [0.1, 0.15) is 22.3 Å². The molecule has 2 rings (SSSR count). The lowest BCUT2D eigenvalue weighted by atomic mass is 10.0. The Kier molecular flexibility index (Phi) is 4.12. The average molecular weight is 268 g/mol. The summed E-state index contributed by atoms with van der Waals surface area (Å²) < 4.78 is 0. The number of nitrogens with zero attached hydrogens (tertiary/aromatic N) is 1. The molecule has 0 saturated heterocycles. The third-order valence-electron chi connectivity index (χ3n) is 2.55.